The highest BCUT2D eigenvalue weighted by Gasteiger charge is 2.35. The van der Waals surface area contributed by atoms with E-state index >= 15 is 0 Å². The van der Waals surface area contributed by atoms with E-state index in [1.165, 1.54) is 6.07 Å². The summed E-state index contributed by atoms with van der Waals surface area (Å²) in [5.41, 5.74) is 6.66. The second-order valence-corrected chi connectivity index (χ2v) is 4.10. The van der Waals surface area contributed by atoms with E-state index in [1.54, 1.807) is 13.0 Å². The fourth-order valence-electron chi connectivity index (χ4n) is 1.86. The van der Waals surface area contributed by atoms with Gasteiger partial charge in [0.15, 0.2) is 11.6 Å². The first-order valence-electron chi connectivity index (χ1n) is 4.78. The van der Waals surface area contributed by atoms with Crippen molar-refractivity contribution < 1.29 is 8.78 Å². The van der Waals surface area contributed by atoms with E-state index < -0.39 is 17.2 Å². The summed E-state index contributed by atoms with van der Waals surface area (Å²) in [7, 11) is 0. The minimum absolute atomic E-state index is 0.330. The molecule has 0 bridgehead atoms. The van der Waals surface area contributed by atoms with Crippen molar-refractivity contribution in [2.75, 3.05) is 0 Å². The number of benzene rings is 1. The van der Waals surface area contributed by atoms with Gasteiger partial charge in [-0.1, -0.05) is 6.07 Å². The Morgan fingerprint density at radius 3 is 2.36 bits per heavy atom. The van der Waals surface area contributed by atoms with Crippen LogP contribution in [0.4, 0.5) is 8.78 Å². The van der Waals surface area contributed by atoms with Crippen LogP contribution in [0.3, 0.4) is 0 Å². The van der Waals surface area contributed by atoms with Crippen LogP contribution in [0.1, 0.15) is 30.4 Å². The molecule has 2 rings (SSSR count). The Morgan fingerprint density at radius 2 is 1.93 bits per heavy atom. The summed E-state index contributed by atoms with van der Waals surface area (Å²) < 4.78 is 26.1. The fourth-order valence-corrected chi connectivity index (χ4v) is 1.86. The van der Waals surface area contributed by atoms with Gasteiger partial charge < -0.3 is 5.73 Å². The van der Waals surface area contributed by atoms with Gasteiger partial charge in [-0.25, -0.2) is 8.78 Å². The lowest BCUT2D eigenvalue weighted by atomic mass is 9.72. The molecule has 0 radical (unpaired) electrons. The van der Waals surface area contributed by atoms with Crippen LogP contribution >= 0.6 is 0 Å². The van der Waals surface area contributed by atoms with Crippen molar-refractivity contribution in [1.29, 1.82) is 0 Å². The second kappa shape index (κ2) is 3.02. The second-order valence-electron chi connectivity index (χ2n) is 4.10. The van der Waals surface area contributed by atoms with Crippen LogP contribution in [-0.4, -0.2) is 0 Å². The molecule has 0 amide bonds. The molecule has 1 aliphatic carbocycles. The molecular weight excluding hydrogens is 184 g/mol. The molecule has 0 unspecified atom stereocenters. The molecule has 1 aliphatic rings. The minimum atomic E-state index is -0.795. The highest BCUT2D eigenvalue weighted by atomic mass is 19.2. The highest BCUT2D eigenvalue weighted by Crippen LogP contribution is 2.39. The number of hydrogen-bond acceptors (Lipinski definition) is 1. The average molecular weight is 197 g/mol. The molecule has 3 heteroatoms. The zero-order valence-corrected chi connectivity index (χ0v) is 8.11. The molecule has 1 aromatic rings. The Morgan fingerprint density at radius 1 is 1.29 bits per heavy atom. The van der Waals surface area contributed by atoms with Crippen molar-refractivity contribution >= 4 is 0 Å². The van der Waals surface area contributed by atoms with Gasteiger partial charge in [0.1, 0.15) is 0 Å². The molecule has 1 saturated carbocycles. The Hall–Kier alpha value is -0.960. The van der Waals surface area contributed by atoms with E-state index in [-0.39, 0.29) is 0 Å². The molecule has 0 atom stereocenters. The van der Waals surface area contributed by atoms with Crippen LogP contribution in [0, 0.1) is 18.6 Å². The Kier molecular flexibility index (Phi) is 2.07. The molecule has 1 nitrogen and oxygen atoms in total. The van der Waals surface area contributed by atoms with E-state index in [0.29, 0.717) is 5.56 Å². The van der Waals surface area contributed by atoms with E-state index in [4.69, 9.17) is 5.73 Å². The third kappa shape index (κ3) is 1.32. The van der Waals surface area contributed by atoms with E-state index in [2.05, 4.69) is 0 Å². The lowest BCUT2D eigenvalue weighted by Gasteiger charge is -2.38. The maximum atomic E-state index is 13.1. The Labute approximate surface area is 81.9 Å². The summed E-state index contributed by atoms with van der Waals surface area (Å²) in [6.45, 7) is 1.56. The monoisotopic (exact) mass is 197 g/mol. The van der Waals surface area contributed by atoms with Gasteiger partial charge in [0, 0.05) is 5.54 Å². The van der Waals surface area contributed by atoms with Gasteiger partial charge in [-0.2, -0.15) is 0 Å². The van der Waals surface area contributed by atoms with Crippen molar-refractivity contribution in [1.82, 2.24) is 0 Å². The van der Waals surface area contributed by atoms with Crippen LogP contribution in [0.25, 0.3) is 0 Å². The number of nitrogens with two attached hydrogens (primary N) is 1. The number of aryl methyl sites for hydroxylation is 1. The fraction of sp³-hybridized carbons (Fsp3) is 0.455. The predicted molar refractivity (Wildman–Crippen MR) is 50.8 cm³/mol. The summed E-state index contributed by atoms with van der Waals surface area (Å²) in [6.07, 6.45) is 2.78. The zero-order valence-electron chi connectivity index (χ0n) is 8.11. The number of halogens is 2. The van der Waals surface area contributed by atoms with Gasteiger partial charge in [-0.3, -0.25) is 0 Å². The average Bonchev–Trinajstić information content (AvgIpc) is 2.09. The topological polar surface area (TPSA) is 26.0 Å². The van der Waals surface area contributed by atoms with Crippen LogP contribution in [0.2, 0.25) is 0 Å². The summed E-state index contributed by atoms with van der Waals surface area (Å²) in [6, 6.07) is 2.87. The van der Waals surface area contributed by atoms with Gasteiger partial charge in [0.25, 0.3) is 0 Å². The first kappa shape index (κ1) is 9.59. The maximum absolute atomic E-state index is 13.1. The predicted octanol–water partition coefficient (Wildman–Crippen LogP) is 2.61. The molecule has 76 valence electrons. The molecule has 2 N–H and O–H groups in total. The summed E-state index contributed by atoms with van der Waals surface area (Å²) >= 11 is 0. The van der Waals surface area contributed by atoms with Gasteiger partial charge in [-0.15, -0.1) is 0 Å². The third-order valence-corrected chi connectivity index (χ3v) is 3.03. The van der Waals surface area contributed by atoms with Gasteiger partial charge in [0.2, 0.25) is 0 Å². The van der Waals surface area contributed by atoms with Crippen molar-refractivity contribution in [3.05, 3.63) is 34.9 Å². The summed E-state index contributed by atoms with van der Waals surface area (Å²) in [5, 5.41) is 0. The quantitative estimate of drug-likeness (QED) is 0.735. The molecule has 1 aromatic carbocycles. The summed E-state index contributed by atoms with van der Waals surface area (Å²) in [4.78, 5) is 0. The SMILES string of the molecule is Cc1cc(C2(N)CCC2)cc(F)c1F. The maximum Gasteiger partial charge on any atom is 0.161 e. The molecule has 0 spiro atoms. The Bertz CT molecular complexity index is 347. The molecule has 0 aliphatic heterocycles. The Balaban J connectivity index is 2.45. The molecule has 1 fully saturated rings. The first-order chi connectivity index (χ1) is 6.53. The van der Waals surface area contributed by atoms with Crippen LogP contribution in [0.5, 0.6) is 0 Å². The van der Waals surface area contributed by atoms with E-state index in [0.717, 1.165) is 24.8 Å². The van der Waals surface area contributed by atoms with Crippen molar-refractivity contribution in [2.24, 2.45) is 5.73 Å². The normalized spacial score (nSPS) is 19.1. The van der Waals surface area contributed by atoms with Gasteiger partial charge in [0.05, 0.1) is 0 Å². The van der Waals surface area contributed by atoms with E-state index in [9.17, 15) is 8.78 Å². The number of hydrogen-bond donors (Lipinski definition) is 1. The van der Waals surface area contributed by atoms with Crippen molar-refractivity contribution in [2.45, 2.75) is 31.7 Å². The largest absolute Gasteiger partial charge is 0.321 e. The molecule has 14 heavy (non-hydrogen) atoms. The lowest BCUT2D eigenvalue weighted by Crippen LogP contribution is -2.43. The minimum Gasteiger partial charge on any atom is -0.321 e. The van der Waals surface area contributed by atoms with Crippen molar-refractivity contribution in [3.8, 4) is 0 Å². The summed E-state index contributed by atoms with van der Waals surface area (Å²) in [5.74, 6) is -1.56. The van der Waals surface area contributed by atoms with Gasteiger partial charge in [-0.05, 0) is 43.4 Å². The zero-order chi connectivity index (χ0) is 10.3. The molecular formula is C11H13F2N. The molecule has 0 saturated heterocycles. The third-order valence-electron chi connectivity index (χ3n) is 3.03. The number of rotatable bonds is 1. The molecule has 0 heterocycles. The smallest absolute Gasteiger partial charge is 0.161 e. The van der Waals surface area contributed by atoms with Crippen LogP contribution in [0.15, 0.2) is 12.1 Å². The van der Waals surface area contributed by atoms with Crippen LogP contribution in [-0.2, 0) is 5.54 Å². The van der Waals surface area contributed by atoms with Crippen LogP contribution < -0.4 is 5.73 Å². The van der Waals surface area contributed by atoms with E-state index in [1.807, 2.05) is 0 Å². The lowest BCUT2D eigenvalue weighted by molar-refractivity contribution is 0.252. The highest BCUT2D eigenvalue weighted by molar-refractivity contribution is 5.32. The first-order valence-corrected chi connectivity index (χ1v) is 4.78. The molecule has 0 aromatic heterocycles. The van der Waals surface area contributed by atoms with Gasteiger partial charge >= 0.3 is 0 Å². The van der Waals surface area contributed by atoms with Crippen molar-refractivity contribution in [3.63, 3.8) is 0 Å². The standard InChI is InChI=1S/C11H13F2N/c1-7-5-8(6-9(12)10(7)13)11(14)3-2-4-11/h5-6H,2-4,14H2,1H3.